The highest BCUT2D eigenvalue weighted by Gasteiger charge is 2.19. The molecule has 3 heterocycles. The second kappa shape index (κ2) is 13.4. The van der Waals surface area contributed by atoms with Gasteiger partial charge >= 0.3 is 6.03 Å². The molecule has 6 rings (SSSR count). The lowest BCUT2D eigenvalue weighted by Gasteiger charge is -2.12. The number of aromatic nitrogens is 4. The number of fused-ring (bicyclic) bond motifs is 1. The van der Waals surface area contributed by atoms with E-state index in [0.29, 0.717) is 40.8 Å². The quantitative estimate of drug-likeness (QED) is 0.144. The lowest BCUT2D eigenvalue weighted by atomic mass is 10.1. The Morgan fingerprint density at radius 3 is 2.49 bits per heavy atom. The Balaban J connectivity index is 1.25. The summed E-state index contributed by atoms with van der Waals surface area (Å²) < 4.78 is 1.99. The fourth-order valence-corrected chi connectivity index (χ4v) is 5.42. The molecule has 0 unspecified atom stereocenters. The molecular weight excluding hydrogens is 586 g/mol. The molecule has 3 aromatic heterocycles. The van der Waals surface area contributed by atoms with Crippen molar-refractivity contribution >= 4 is 51.2 Å². The Bertz CT molecular complexity index is 1950. The highest BCUT2D eigenvalue weighted by Crippen LogP contribution is 2.35. The van der Waals surface area contributed by atoms with Gasteiger partial charge in [0.25, 0.3) is 5.91 Å². The zero-order valence-corrected chi connectivity index (χ0v) is 25.5. The highest BCUT2D eigenvalue weighted by molar-refractivity contribution is 7.15. The molecule has 0 radical (unpaired) electrons. The van der Waals surface area contributed by atoms with E-state index in [1.54, 1.807) is 18.3 Å². The number of para-hydroxylation sites is 1. The van der Waals surface area contributed by atoms with Gasteiger partial charge in [-0.15, -0.1) is 11.3 Å². The van der Waals surface area contributed by atoms with Crippen molar-refractivity contribution in [3.05, 3.63) is 108 Å². The molecular formula is C33H31N9O2S. The van der Waals surface area contributed by atoms with Crippen LogP contribution in [0.5, 0.6) is 0 Å². The van der Waals surface area contributed by atoms with Crippen LogP contribution in [0.25, 0.3) is 27.6 Å². The molecule has 6 aromatic rings. The molecule has 11 nitrogen and oxygen atoms in total. The van der Waals surface area contributed by atoms with Crippen LogP contribution in [0.2, 0.25) is 0 Å². The molecule has 0 aliphatic rings. The fourth-order valence-electron chi connectivity index (χ4n) is 4.70. The third-order valence-electron chi connectivity index (χ3n) is 6.81. The van der Waals surface area contributed by atoms with Crippen LogP contribution in [0.1, 0.15) is 10.4 Å². The van der Waals surface area contributed by atoms with E-state index in [2.05, 4.69) is 26.3 Å². The van der Waals surface area contributed by atoms with E-state index in [4.69, 9.17) is 9.97 Å². The van der Waals surface area contributed by atoms with Crippen molar-refractivity contribution in [3.63, 3.8) is 0 Å². The van der Waals surface area contributed by atoms with E-state index >= 15 is 0 Å². The lowest BCUT2D eigenvalue weighted by molar-refractivity contribution is 0.0951. The molecule has 0 fully saturated rings. The predicted octanol–water partition coefficient (Wildman–Crippen LogP) is 6.20. The van der Waals surface area contributed by atoms with Crippen LogP contribution in [0.3, 0.4) is 0 Å². The normalized spacial score (nSPS) is 11.0. The third-order valence-corrected chi connectivity index (χ3v) is 7.57. The number of urea groups is 1. The minimum absolute atomic E-state index is 0.145. The van der Waals surface area contributed by atoms with Crippen molar-refractivity contribution in [1.82, 2.24) is 29.6 Å². The van der Waals surface area contributed by atoms with Gasteiger partial charge in [-0.3, -0.25) is 9.20 Å². The standard InChI is InChI=1S/C33H31N9O2S/c1-41(2)17-16-34-30(43)23-9-7-12-25(21-23)36-31-35-15-14-27(39-31)29-28(40-33-42(29)18-19-45-33)22-8-6-13-26(20-22)38-32(44)37-24-10-4-3-5-11-24/h3-15,18-21H,16-17H2,1-2H3,(H,34,43)(H,35,36,39)(H2,37,38,44). The number of hydrogen-bond acceptors (Lipinski definition) is 8. The van der Waals surface area contributed by atoms with Crippen molar-refractivity contribution in [2.75, 3.05) is 43.1 Å². The summed E-state index contributed by atoms with van der Waals surface area (Å²) in [5.74, 6) is 0.231. The van der Waals surface area contributed by atoms with Gasteiger partial charge in [-0.25, -0.2) is 19.7 Å². The smallest absolute Gasteiger partial charge is 0.323 e. The average molecular weight is 618 g/mol. The molecule has 0 saturated heterocycles. The first kappa shape index (κ1) is 29.5. The minimum atomic E-state index is -0.342. The Morgan fingerprint density at radius 1 is 0.867 bits per heavy atom. The summed E-state index contributed by atoms with van der Waals surface area (Å²) in [7, 11) is 3.92. The van der Waals surface area contributed by atoms with Crippen LogP contribution >= 0.6 is 11.3 Å². The summed E-state index contributed by atoms with van der Waals surface area (Å²) in [5.41, 5.74) is 5.54. The van der Waals surface area contributed by atoms with Crippen LogP contribution < -0.4 is 21.3 Å². The Hall–Kier alpha value is -5.59. The number of amides is 3. The Labute approximate surface area is 264 Å². The van der Waals surface area contributed by atoms with Gasteiger partial charge < -0.3 is 26.2 Å². The largest absolute Gasteiger partial charge is 0.351 e. The number of anilines is 4. The molecule has 0 spiro atoms. The SMILES string of the molecule is CN(C)CCNC(=O)c1cccc(Nc2nccc(-c3c(-c4cccc(NC(=O)Nc5ccccc5)c4)nc4sccn34)n2)c1. The summed E-state index contributed by atoms with van der Waals surface area (Å²) >= 11 is 1.52. The number of rotatable bonds is 10. The number of nitrogens with one attached hydrogen (secondary N) is 4. The highest BCUT2D eigenvalue weighted by atomic mass is 32.1. The van der Waals surface area contributed by atoms with Gasteiger partial charge in [0, 0.05) is 59.1 Å². The maximum atomic E-state index is 12.7. The number of likely N-dealkylation sites (N-methyl/N-ethyl adjacent to an activating group) is 1. The number of hydrogen-bond donors (Lipinski definition) is 4. The number of nitrogens with zero attached hydrogens (tertiary/aromatic N) is 5. The molecule has 0 saturated carbocycles. The number of thiazole rings is 1. The summed E-state index contributed by atoms with van der Waals surface area (Å²) in [5, 5.41) is 13.9. The topological polar surface area (TPSA) is 129 Å². The van der Waals surface area contributed by atoms with Crippen LogP contribution in [0, 0.1) is 0 Å². The van der Waals surface area contributed by atoms with Gasteiger partial charge in [-0.05, 0) is 62.6 Å². The lowest BCUT2D eigenvalue weighted by Crippen LogP contribution is -2.31. The first-order valence-corrected chi connectivity index (χ1v) is 15.1. The van der Waals surface area contributed by atoms with Crippen molar-refractivity contribution in [1.29, 1.82) is 0 Å². The van der Waals surface area contributed by atoms with Crippen molar-refractivity contribution in [2.45, 2.75) is 0 Å². The average Bonchev–Trinajstić information content (AvgIpc) is 3.64. The Kier molecular flexibility index (Phi) is 8.76. The molecule has 0 atom stereocenters. The van der Waals surface area contributed by atoms with Gasteiger partial charge in [-0.2, -0.15) is 0 Å². The number of carbonyl (C=O) groups excluding carboxylic acids is 2. The fraction of sp³-hybridized carbons (Fsp3) is 0.121. The molecule has 0 bridgehead atoms. The molecule has 3 aromatic carbocycles. The summed E-state index contributed by atoms with van der Waals surface area (Å²) in [6.45, 7) is 1.31. The van der Waals surface area contributed by atoms with Gasteiger partial charge in [0.15, 0.2) is 4.96 Å². The van der Waals surface area contributed by atoms with Gasteiger partial charge in [0.05, 0.1) is 11.4 Å². The summed E-state index contributed by atoms with van der Waals surface area (Å²) in [6.07, 6.45) is 3.64. The minimum Gasteiger partial charge on any atom is -0.351 e. The molecule has 45 heavy (non-hydrogen) atoms. The molecule has 226 valence electrons. The van der Waals surface area contributed by atoms with Crippen LogP contribution in [0.4, 0.5) is 27.8 Å². The predicted molar refractivity (Wildman–Crippen MR) is 179 cm³/mol. The van der Waals surface area contributed by atoms with Crippen LogP contribution in [-0.4, -0.2) is 63.4 Å². The second-order valence-electron chi connectivity index (χ2n) is 10.4. The molecule has 0 aliphatic carbocycles. The van der Waals surface area contributed by atoms with E-state index in [1.165, 1.54) is 11.3 Å². The van der Waals surface area contributed by atoms with E-state index in [0.717, 1.165) is 28.5 Å². The first-order valence-electron chi connectivity index (χ1n) is 14.3. The number of benzene rings is 3. The maximum absolute atomic E-state index is 12.7. The van der Waals surface area contributed by atoms with Crippen molar-refractivity contribution in [2.24, 2.45) is 0 Å². The molecule has 12 heteroatoms. The van der Waals surface area contributed by atoms with Crippen LogP contribution in [-0.2, 0) is 0 Å². The van der Waals surface area contributed by atoms with Crippen LogP contribution in [0.15, 0.2) is 103 Å². The maximum Gasteiger partial charge on any atom is 0.323 e. The zero-order chi connectivity index (χ0) is 31.2. The number of imidazole rings is 1. The molecule has 4 N–H and O–H groups in total. The van der Waals surface area contributed by atoms with E-state index in [9.17, 15) is 9.59 Å². The first-order chi connectivity index (χ1) is 21.9. The van der Waals surface area contributed by atoms with Gasteiger partial charge in [0.1, 0.15) is 5.69 Å². The van der Waals surface area contributed by atoms with Gasteiger partial charge in [-0.1, -0.05) is 36.4 Å². The monoisotopic (exact) mass is 617 g/mol. The van der Waals surface area contributed by atoms with Crippen molar-refractivity contribution in [3.8, 4) is 22.6 Å². The van der Waals surface area contributed by atoms with E-state index in [1.807, 2.05) is 108 Å². The van der Waals surface area contributed by atoms with E-state index in [-0.39, 0.29) is 11.9 Å². The molecule has 0 aliphatic heterocycles. The third kappa shape index (κ3) is 7.15. The summed E-state index contributed by atoms with van der Waals surface area (Å²) in [4.78, 5) is 42.3. The molecule has 3 amide bonds. The Morgan fingerprint density at radius 2 is 1.64 bits per heavy atom. The zero-order valence-electron chi connectivity index (χ0n) is 24.7. The summed E-state index contributed by atoms with van der Waals surface area (Å²) in [6, 6.07) is 25.5. The van der Waals surface area contributed by atoms with E-state index < -0.39 is 0 Å². The number of carbonyl (C=O) groups is 2. The second-order valence-corrected chi connectivity index (χ2v) is 11.3. The van der Waals surface area contributed by atoms with Gasteiger partial charge in [0.2, 0.25) is 5.95 Å². The van der Waals surface area contributed by atoms with Crippen molar-refractivity contribution < 1.29 is 9.59 Å².